The van der Waals surface area contributed by atoms with E-state index in [4.69, 9.17) is 9.72 Å². The molecule has 1 unspecified atom stereocenters. The number of fused-ring (bicyclic) bond motifs is 3. The van der Waals surface area contributed by atoms with E-state index in [2.05, 4.69) is 54.9 Å². The number of amides is 2. The van der Waals surface area contributed by atoms with Crippen molar-refractivity contribution in [3.05, 3.63) is 41.0 Å². The number of piperazine rings is 1. The summed E-state index contributed by atoms with van der Waals surface area (Å²) in [5, 5.41) is 3.02. The van der Waals surface area contributed by atoms with E-state index in [1.54, 1.807) is 0 Å². The summed E-state index contributed by atoms with van der Waals surface area (Å²) in [4.78, 5) is 21.6. The second-order valence-electron chi connectivity index (χ2n) is 7.63. The SMILES string of the molecule is O=C(NCC1CCCO1)N1CCN(c2nc3cc(Br)ccc3n3cccc23)CC1. The average Bonchev–Trinajstić information content (AvgIpc) is 3.43. The molecule has 2 aliphatic heterocycles. The standard InChI is InChI=1S/C21H24BrN5O2/c22-15-5-6-18-17(13-15)24-20(19-4-1-7-27(18)19)25-8-10-26(11-9-25)21(28)23-14-16-3-2-12-29-16/h1,4-7,13,16H,2-3,8-12,14H2,(H,23,28). The van der Waals surface area contributed by atoms with Crippen LogP contribution >= 0.6 is 15.9 Å². The Morgan fingerprint density at radius 3 is 2.86 bits per heavy atom. The molecule has 0 bridgehead atoms. The van der Waals surface area contributed by atoms with Gasteiger partial charge in [-0.3, -0.25) is 0 Å². The minimum atomic E-state index is 0.00313. The van der Waals surface area contributed by atoms with Gasteiger partial charge in [0, 0.05) is 50.0 Å². The summed E-state index contributed by atoms with van der Waals surface area (Å²) in [7, 11) is 0. The Bertz CT molecular complexity index is 1040. The number of benzene rings is 1. The van der Waals surface area contributed by atoms with Crippen molar-refractivity contribution < 1.29 is 9.53 Å². The van der Waals surface area contributed by atoms with E-state index in [0.29, 0.717) is 19.6 Å². The van der Waals surface area contributed by atoms with Crippen LogP contribution in [0.15, 0.2) is 41.0 Å². The number of rotatable bonds is 3. The Morgan fingerprint density at radius 2 is 2.07 bits per heavy atom. The lowest BCUT2D eigenvalue weighted by atomic mass is 10.2. The Kier molecular flexibility index (Phi) is 5.05. The molecular formula is C21H24BrN5O2. The van der Waals surface area contributed by atoms with Gasteiger partial charge < -0.3 is 24.3 Å². The molecule has 2 amide bonds. The molecular weight excluding hydrogens is 434 g/mol. The van der Waals surface area contributed by atoms with E-state index in [1.807, 2.05) is 17.0 Å². The van der Waals surface area contributed by atoms with Gasteiger partial charge in [0.15, 0.2) is 5.82 Å². The lowest BCUT2D eigenvalue weighted by Crippen LogP contribution is -2.52. The third-order valence-electron chi connectivity index (χ3n) is 5.77. The molecule has 152 valence electrons. The van der Waals surface area contributed by atoms with Gasteiger partial charge >= 0.3 is 6.03 Å². The highest BCUT2D eigenvalue weighted by atomic mass is 79.9. The fraction of sp³-hybridized carbons (Fsp3) is 0.429. The van der Waals surface area contributed by atoms with Crippen LogP contribution in [-0.4, -0.2) is 65.8 Å². The minimum Gasteiger partial charge on any atom is -0.376 e. The number of nitrogens with zero attached hydrogens (tertiary/aromatic N) is 4. The molecule has 1 N–H and O–H groups in total. The number of carbonyl (C=O) groups excluding carboxylic acids is 1. The zero-order valence-corrected chi connectivity index (χ0v) is 17.8. The predicted octanol–water partition coefficient (Wildman–Crippen LogP) is 3.26. The molecule has 0 saturated carbocycles. The van der Waals surface area contributed by atoms with Crippen LogP contribution in [0.25, 0.3) is 16.6 Å². The van der Waals surface area contributed by atoms with E-state index in [0.717, 1.165) is 59.4 Å². The Morgan fingerprint density at radius 1 is 1.21 bits per heavy atom. The first-order valence-electron chi connectivity index (χ1n) is 10.1. The summed E-state index contributed by atoms with van der Waals surface area (Å²) >= 11 is 3.55. The van der Waals surface area contributed by atoms with Crippen molar-refractivity contribution in [2.45, 2.75) is 18.9 Å². The molecule has 3 aromatic rings. The summed E-state index contributed by atoms with van der Waals surface area (Å²) in [6.07, 6.45) is 4.36. The van der Waals surface area contributed by atoms with Crippen LogP contribution in [0.5, 0.6) is 0 Å². The van der Waals surface area contributed by atoms with Gasteiger partial charge in [0.25, 0.3) is 0 Å². The molecule has 0 spiro atoms. The van der Waals surface area contributed by atoms with Crippen LogP contribution in [0.2, 0.25) is 0 Å². The number of aromatic nitrogens is 2. The third kappa shape index (κ3) is 3.67. The maximum Gasteiger partial charge on any atom is 0.317 e. The Balaban J connectivity index is 1.30. The molecule has 29 heavy (non-hydrogen) atoms. The number of urea groups is 1. The number of hydrogen-bond acceptors (Lipinski definition) is 4. The molecule has 1 atom stereocenters. The molecule has 2 fully saturated rings. The topological polar surface area (TPSA) is 62.1 Å². The number of ether oxygens (including phenoxy) is 1. The fourth-order valence-corrected chi connectivity index (χ4v) is 4.56. The van der Waals surface area contributed by atoms with Gasteiger partial charge in [0.1, 0.15) is 0 Å². The molecule has 2 aliphatic rings. The van der Waals surface area contributed by atoms with Crippen LogP contribution in [-0.2, 0) is 4.74 Å². The number of halogens is 1. The summed E-state index contributed by atoms with van der Waals surface area (Å²) in [6.45, 7) is 4.31. The molecule has 7 nitrogen and oxygen atoms in total. The van der Waals surface area contributed by atoms with Crippen molar-refractivity contribution in [3.63, 3.8) is 0 Å². The number of nitrogens with one attached hydrogen (secondary N) is 1. The van der Waals surface area contributed by atoms with E-state index in [-0.39, 0.29) is 12.1 Å². The Labute approximate surface area is 177 Å². The highest BCUT2D eigenvalue weighted by Gasteiger charge is 2.25. The summed E-state index contributed by atoms with van der Waals surface area (Å²) < 4.78 is 8.79. The van der Waals surface area contributed by atoms with Crippen LogP contribution in [0.3, 0.4) is 0 Å². The lowest BCUT2D eigenvalue weighted by molar-refractivity contribution is 0.108. The van der Waals surface area contributed by atoms with Crippen LogP contribution in [0, 0.1) is 0 Å². The van der Waals surface area contributed by atoms with Gasteiger partial charge in [-0.2, -0.15) is 0 Å². The van der Waals surface area contributed by atoms with Gasteiger partial charge in [-0.15, -0.1) is 0 Å². The van der Waals surface area contributed by atoms with Gasteiger partial charge in [-0.1, -0.05) is 15.9 Å². The molecule has 4 heterocycles. The highest BCUT2D eigenvalue weighted by molar-refractivity contribution is 9.10. The smallest absolute Gasteiger partial charge is 0.317 e. The van der Waals surface area contributed by atoms with Gasteiger partial charge in [0.2, 0.25) is 0 Å². The third-order valence-corrected chi connectivity index (χ3v) is 6.27. The van der Waals surface area contributed by atoms with E-state index in [9.17, 15) is 4.79 Å². The van der Waals surface area contributed by atoms with E-state index >= 15 is 0 Å². The van der Waals surface area contributed by atoms with Gasteiger partial charge in [-0.05, 0) is 43.2 Å². The molecule has 8 heteroatoms. The largest absolute Gasteiger partial charge is 0.376 e. The van der Waals surface area contributed by atoms with Gasteiger partial charge in [0.05, 0.1) is 22.7 Å². The van der Waals surface area contributed by atoms with Crippen molar-refractivity contribution in [3.8, 4) is 0 Å². The molecule has 0 aliphatic carbocycles. The van der Waals surface area contributed by atoms with Crippen LogP contribution in [0.1, 0.15) is 12.8 Å². The monoisotopic (exact) mass is 457 g/mol. The summed E-state index contributed by atoms with van der Waals surface area (Å²) in [6, 6.07) is 10.3. The number of carbonyl (C=O) groups is 1. The molecule has 1 aromatic carbocycles. The van der Waals surface area contributed by atoms with Gasteiger partial charge in [-0.25, -0.2) is 9.78 Å². The second kappa shape index (κ2) is 7.84. The van der Waals surface area contributed by atoms with Crippen LogP contribution < -0.4 is 10.2 Å². The molecule has 2 saturated heterocycles. The highest BCUT2D eigenvalue weighted by Crippen LogP contribution is 2.27. The zero-order valence-electron chi connectivity index (χ0n) is 16.2. The zero-order chi connectivity index (χ0) is 19.8. The quantitative estimate of drug-likeness (QED) is 0.655. The van der Waals surface area contributed by atoms with E-state index < -0.39 is 0 Å². The molecule has 2 aromatic heterocycles. The lowest BCUT2D eigenvalue weighted by Gasteiger charge is -2.36. The second-order valence-corrected chi connectivity index (χ2v) is 8.54. The van der Waals surface area contributed by atoms with Crippen molar-refractivity contribution >= 4 is 44.3 Å². The van der Waals surface area contributed by atoms with Crippen molar-refractivity contribution in [2.24, 2.45) is 0 Å². The van der Waals surface area contributed by atoms with Crippen molar-refractivity contribution in [1.82, 2.24) is 19.6 Å². The number of anilines is 1. The maximum absolute atomic E-state index is 12.5. The predicted molar refractivity (Wildman–Crippen MR) is 117 cm³/mol. The van der Waals surface area contributed by atoms with Crippen molar-refractivity contribution in [2.75, 3.05) is 44.2 Å². The van der Waals surface area contributed by atoms with Crippen LogP contribution in [0.4, 0.5) is 10.6 Å². The summed E-state index contributed by atoms with van der Waals surface area (Å²) in [5.74, 6) is 0.972. The summed E-state index contributed by atoms with van der Waals surface area (Å²) in [5.41, 5.74) is 3.13. The fourth-order valence-electron chi connectivity index (χ4n) is 4.21. The number of hydrogen-bond donors (Lipinski definition) is 1. The maximum atomic E-state index is 12.5. The van der Waals surface area contributed by atoms with E-state index in [1.165, 1.54) is 0 Å². The normalized spacial score (nSPS) is 20.0. The first kappa shape index (κ1) is 18.7. The van der Waals surface area contributed by atoms with Crippen molar-refractivity contribution in [1.29, 1.82) is 0 Å². The minimum absolute atomic E-state index is 0.00313. The average molecular weight is 458 g/mol. The Hall–Kier alpha value is -2.32. The first-order chi connectivity index (χ1) is 14.2. The molecule has 5 rings (SSSR count). The first-order valence-corrected chi connectivity index (χ1v) is 10.9. The molecule has 0 radical (unpaired) electrons.